The van der Waals surface area contributed by atoms with Crippen LogP contribution < -0.4 is 0 Å². The Bertz CT molecular complexity index is 2840. The van der Waals surface area contributed by atoms with Gasteiger partial charge in [-0.15, -0.1) is 0 Å². The normalized spacial score (nSPS) is 11.8. The van der Waals surface area contributed by atoms with Gasteiger partial charge in [0.25, 0.3) is 0 Å². The Morgan fingerprint density at radius 1 is 0.383 bits per heavy atom. The van der Waals surface area contributed by atoms with Gasteiger partial charge < -0.3 is 4.42 Å². The van der Waals surface area contributed by atoms with Crippen LogP contribution in [0.5, 0.6) is 0 Å². The summed E-state index contributed by atoms with van der Waals surface area (Å²) in [4.78, 5) is 15.7. The first-order valence-corrected chi connectivity index (χ1v) is 15.8. The van der Waals surface area contributed by atoms with Crippen molar-refractivity contribution in [3.05, 3.63) is 152 Å². The highest BCUT2D eigenvalue weighted by molar-refractivity contribution is 6.28. The molecule has 0 radical (unpaired) electrons. The number of furan rings is 1. The second-order valence-electron chi connectivity index (χ2n) is 12.0. The predicted molar refractivity (Wildman–Crippen MR) is 193 cm³/mol. The van der Waals surface area contributed by atoms with Gasteiger partial charge in [-0.25, -0.2) is 15.0 Å². The van der Waals surface area contributed by atoms with Gasteiger partial charge in [-0.2, -0.15) is 0 Å². The van der Waals surface area contributed by atoms with E-state index in [1.165, 1.54) is 0 Å². The smallest absolute Gasteiger partial charge is 0.136 e. The highest BCUT2D eigenvalue weighted by Crippen LogP contribution is 2.42. The minimum absolute atomic E-state index is 0.875. The summed E-state index contributed by atoms with van der Waals surface area (Å²) in [6.45, 7) is 0. The largest absolute Gasteiger partial charge is 0.456 e. The van der Waals surface area contributed by atoms with E-state index in [4.69, 9.17) is 19.4 Å². The summed E-state index contributed by atoms with van der Waals surface area (Å²) >= 11 is 0. The number of fused-ring (bicyclic) bond motifs is 10. The van der Waals surface area contributed by atoms with Crippen LogP contribution in [0.3, 0.4) is 0 Å². The molecular weight excluding hydrogens is 574 g/mol. The Morgan fingerprint density at radius 2 is 1.00 bits per heavy atom. The van der Waals surface area contributed by atoms with Crippen molar-refractivity contribution in [1.82, 2.24) is 15.0 Å². The first kappa shape index (κ1) is 25.9. The monoisotopic (exact) mass is 599 g/mol. The van der Waals surface area contributed by atoms with E-state index in [0.29, 0.717) is 0 Å². The predicted octanol–water partition coefficient (Wildman–Crippen LogP) is 11.4. The molecule has 10 rings (SSSR count). The van der Waals surface area contributed by atoms with Crippen LogP contribution in [0.15, 0.2) is 156 Å². The first-order chi connectivity index (χ1) is 23.3. The third-order valence-corrected chi connectivity index (χ3v) is 9.23. The molecule has 6 aromatic carbocycles. The van der Waals surface area contributed by atoms with Crippen molar-refractivity contribution >= 4 is 65.4 Å². The Morgan fingerprint density at radius 3 is 1.74 bits per heavy atom. The Kier molecular flexibility index (Phi) is 5.54. The fourth-order valence-corrected chi connectivity index (χ4v) is 6.98. The second-order valence-corrected chi connectivity index (χ2v) is 12.0. The molecule has 0 amide bonds. The third kappa shape index (κ3) is 4.05. The van der Waals surface area contributed by atoms with E-state index in [0.717, 1.165) is 99.2 Å². The summed E-state index contributed by atoms with van der Waals surface area (Å²) < 4.78 is 6.32. The van der Waals surface area contributed by atoms with Crippen LogP contribution in [0.1, 0.15) is 0 Å². The van der Waals surface area contributed by atoms with Crippen molar-refractivity contribution in [1.29, 1.82) is 0 Å². The molecule has 0 atom stereocenters. The molecule has 218 valence electrons. The zero-order valence-corrected chi connectivity index (χ0v) is 25.2. The number of aromatic nitrogens is 3. The number of hydrogen-bond acceptors (Lipinski definition) is 4. The summed E-state index contributed by atoms with van der Waals surface area (Å²) in [7, 11) is 0. The Hall–Kier alpha value is -6.39. The Labute approximate surface area is 269 Å². The van der Waals surface area contributed by atoms with Crippen LogP contribution in [0.4, 0.5) is 0 Å². The molecule has 4 heteroatoms. The van der Waals surface area contributed by atoms with Gasteiger partial charge >= 0.3 is 0 Å². The molecule has 0 aliphatic carbocycles. The van der Waals surface area contributed by atoms with E-state index in [1.807, 2.05) is 36.4 Å². The van der Waals surface area contributed by atoms with Gasteiger partial charge in [-0.05, 0) is 36.4 Å². The Balaban J connectivity index is 1.23. The van der Waals surface area contributed by atoms with Crippen LogP contribution in [0.2, 0.25) is 0 Å². The maximum absolute atomic E-state index is 6.32. The van der Waals surface area contributed by atoms with Crippen molar-refractivity contribution in [2.75, 3.05) is 0 Å². The molecule has 4 heterocycles. The zero-order chi connectivity index (χ0) is 30.9. The van der Waals surface area contributed by atoms with Crippen LogP contribution in [0.25, 0.3) is 99.2 Å². The van der Waals surface area contributed by atoms with Crippen LogP contribution >= 0.6 is 0 Å². The van der Waals surface area contributed by atoms with Crippen LogP contribution in [0, 0.1) is 0 Å². The topological polar surface area (TPSA) is 51.8 Å². The summed E-state index contributed by atoms with van der Waals surface area (Å²) in [6, 6.07) is 52.4. The van der Waals surface area contributed by atoms with Crippen molar-refractivity contribution in [2.45, 2.75) is 0 Å². The lowest BCUT2D eigenvalue weighted by molar-refractivity contribution is 0.669. The third-order valence-electron chi connectivity index (χ3n) is 9.23. The van der Waals surface area contributed by atoms with Crippen LogP contribution in [-0.2, 0) is 0 Å². The number of rotatable bonds is 3. The van der Waals surface area contributed by atoms with Crippen molar-refractivity contribution in [3.63, 3.8) is 0 Å². The number of pyridine rings is 3. The molecule has 4 aromatic heterocycles. The van der Waals surface area contributed by atoms with Crippen LogP contribution in [-0.4, -0.2) is 15.0 Å². The van der Waals surface area contributed by atoms with E-state index in [-0.39, 0.29) is 0 Å². The average molecular weight is 600 g/mol. The van der Waals surface area contributed by atoms with Gasteiger partial charge in [0.1, 0.15) is 11.2 Å². The molecule has 0 fully saturated rings. The molecule has 0 aliphatic rings. The number of para-hydroxylation sites is 1. The van der Waals surface area contributed by atoms with E-state index < -0.39 is 0 Å². The molecule has 0 spiro atoms. The van der Waals surface area contributed by atoms with Gasteiger partial charge in [0.15, 0.2) is 0 Å². The summed E-state index contributed by atoms with van der Waals surface area (Å²) in [5.41, 5.74) is 10.4. The molecule has 10 aromatic rings. The SMILES string of the molecule is c1ccc(-c2ccc3ccc4ccc(-c5ccc6c(c5)nc(-c5ccccc5)c5ccc7oc8ccccc8c7c56)nc4c3n2)cc1. The fourth-order valence-electron chi connectivity index (χ4n) is 6.98. The van der Waals surface area contributed by atoms with E-state index in [1.54, 1.807) is 0 Å². The zero-order valence-electron chi connectivity index (χ0n) is 25.2. The van der Waals surface area contributed by atoms with Gasteiger partial charge in [0.05, 0.1) is 33.6 Å². The van der Waals surface area contributed by atoms with E-state index in [2.05, 4.69) is 115 Å². The van der Waals surface area contributed by atoms with E-state index in [9.17, 15) is 0 Å². The quantitative estimate of drug-likeness (QED) is 0.190. The minimum atomic E-state index is 0.875. The summed E-state index contributed by atoms with van der Waals surface area (Å²) in [5.74, 6) is 0. The van der Waals surface area contributed by atoms with Crippen molar-refractivity contribution in [3.8, 4) is 33.8 Å². The standard InChI is InChI=1S/C43H25N3O/c1-3-9-26(10-4-1)34-22-18-28-15-16-29-19-23-35(45-43(29)42(28)44-34)30-17-20-31-36(25-30)46-41(27-11-5-2-6-12-27)33-21-24-38-40(39(31)33)32-13-7-8-14-37(32)47-38/h1-25H. The van der Waals surface area contributed by atoms with Gasteiger partial charge in [-0.3, -0.25) is 0 Å². The lowest BCUT2D eigenvalue weighted by Crippen LogP contribution is -1.93. The molecule has 0 unspecified atom stereocenters. The first-order valence-electron chi connectivity index (χ1n) is 15.8. The molecule has 4 nitrogen and oxygen atoms in total. The van der Waals surface area contributed by atoms with Crippen molar-refractivity contribution < 1.29 is 4.42 Å². The van der Waals surface area contributed by atoms with Crippen molar-refractivity contribution in [2.24, 2.45) is 0 Å². The summed E-state index contributed by atoms with van der Waals surface area (Å²) in [6.07, 6.45) is 0. The lowest BCUT2D eigenvalue weighted by Gasteiger charge is -2.13. The second kappa shape index (κ2) is 10.1. The fraction of sp³-hybridized carbons (Fsp3) is 0. The van der Waals surface area contributed by atoms with Gasteiger partial charge in [0, 0.05) is 54.4 Å². The lowest BCUT2D eigenvalue weighted by atomic mass is 9.95. The van der Waals surface area contributed by atoms with Gasteiger partial charge in [0.2, 0.25) is 0 Å². The molecule has 0 N–H and O–H groups in total. The molecule has 0 saturated carbocycles. The minimum Gasteiger partial charge on any atom is -0.456 e. The highest BCUT2D eigenvalue weighted by atomic mass is 16.3. The highest BCUT2D eigenvalue weighted by Gasteiger charge is 2.18. The number of hydrogen-bond donors (Lipinski definition) is 0. The maximum Gasteiger partial charge on any atom is 0.136 e. The molecule has 47 heavy (non-hydrogen) atoms. The molecule has 0 saturated heterocycles. The van der Waals surface area contributed by atoms with Gasteiger partial charge in [-0.1, -0.05) is 115 Å². The van der Waals surface area contributed by atoms with E-state index >= 15 is 0 Å². The number of benzene rings is 6. The molecule has 0 aliphatic heterocycles. The number of nitrogens with zero attached hydrogens (tertiary/aromatic N) is 3. The summed E-state index contributed by atoms with van der Waals surface area (Å²) in [5, 5.41) is 7.69. The average Bonchev–Trinajstić information content (AvgIpc) is 3.53. The molecule has 0 bridgehead atoms. The molecular formula is C43H25N3O. The maximum atomic E-state index is 6.32.